The van der Waals surface area contributed by atoms with Crippen LogP contribution < -0.4 is 0 Å². The molecule has 0 saturated heterocycles. The summed E-state index contributed by atoms with van der Waals surface area (Å²) < 4.78 is 42.5. The van der Waals surface area contributed by atoms with E-state index in [0.717, 1.165) is 37.8 Å². The third-order valence-corrected chi connectivity index (χ3v) is 3.65. The molecule has 0 aliphatic carbocycles. The molecule has 0 saturated carbocycles. The lowest BCUT2D eigenvalue weighted by Gasteiger charge is -2.13. The first-order valence-electron chi connectivity index (χ1n) is 7.88. The molecular weight excluding hydrogens is 305 g/mol. The van der Waals surface area contributed by atoms with Crippen molar-refractivity contribution in [3.05, 3.63) is 41.5 Å². The lowest BCUT2D eigenvalue weighted by Crippen LogP contribution is -2.12. The molecule has 0 bridgehead atoms. The SMILES string of the molecule is CCCCC(CC)COC(=O)/C=C/c1ccc(C(F)(F)F)cc1. The molecule has 0 spiro atoms. The maximum Gasteiger partial charge on any atom is 0.416 e. The fourth-order valence-corrected chi connectivity index (χ4v) is 2.09. The minimum atomic E-state index is -4.35. The highest BCUT2D eigenvalue weighted by Gasteiger charge is 2.29. The van der Waals surface area contributed by atoms with Crippen LogP contribution in [0, 0.1) is 5.92 Å². The molecule has 2 nitrogen and oxygen atoms in total. The van der Waals surface area contributed by atoms with Crippen LogP contribution in [0.25, 0.3) is 6.08 Å². The van der Waals surface area contributed by atoms with Crippen molar-refractivity contribution in [2.75, 3.05) is 6.61 Å². The zero-order valence-electron chi connectivity index (χ0n) is 13.5. The van der Waals surface area contributed by atoms with Crippen LogP contribution >= 0.6 is 0 Å². The van der Waals surface area contributed by atoms with Gasteiger partial charge in [-0.3, -0.25) is 0 Å². The molecule has 0 aliphatic rings. The van der Waals surface area contributed by atoms with Crippen LogP contribution in [0.2, 0.25) is 0 Å². The molecule has 1 rings (SSSR count). The van der Waals surface area contributed by atoms with Gasteiger partial charge in [-0.1, -0.05) is 45.2 Å². The number of esters is 1. The van der Waals surface area contributed by atoms with E-state index in [1.54, 1.807) is 0 Å². The second-order valence-corrected chi connectivity index (χ2v) is 5.50. The standard InChI is InChI=1S/C18H23F3O2/c1-3-5-6-14(4-2)13-23-17(22)12-9-15-7-10-16(11-8-15)18(19,20)21/h7-12,14H,3-6,13H2,1-2H3/b12-9+. The van der Waals surface area contributed by atoms with E-state index in [-0.39, 0.29) is 0 Å². The predicted octanol–water partition coefficient (Wildman–Crippen LogP) is 5.48. The normalized spacial score (nSPS) is 13.3. The first-order valence-corrected chi connectivity index (χ1v) is 7.88. The number of carbonyl (C=O) groups excluding carboxylic acids is 1. The minimum Gasteiger partial charge on any atom is -0.462 e. The van der Waals surface area contributed by atoms with E-state index < -0.39 is 17.7 Å². The number of alkyl halides is 3. The lowest BCUT2D eigenvalue weighted by atomic mass is 10.0. The van der Waals surface area contributed by atoms with Crippen molar-refractivity contribution in [2.45, 2.75) is 45.7 Å². The third kappa shape index (κ3) is 7.35. The van der Waals surface area contributed by atoms with Crippen LogP contribution in [0.3, 0.4) is 0 Å². The van der Waals surface area contributed by atoms with Crippen molar-refractivity contribution in [2.24, 2.45) is 5.92 Å². The van der Waals surface area contributed by atoms with Gasteiger partial charge in [0.25, 0.3) is 0 Å². The van der Waals surface area contributed by atoms with Gasteiger partial charge in [0.2, 0.25) is 0 Å². The van der Waals surface area contributed by atoms with Gasteiger partial charge in [-0.05, 0) is 36.1 Å². The second-order valence-electron chi connectivity index (χ2n) is 5.50. The Balaban J connectivity index is 2.48. The largest absolute Gasteiger partial charge is 0.462 e. The molecule has 128 valence electrons. The van der Waals surface area contributed by atoms with Crippen molar-refractivity contribution >= 4 is 12.0 Å². The monoisotopic (exact) mass is 328 g/mol. The van der Waals surface area contributed by atoms with Gasteiger partial charge in [-0.15, -0.1) is 0 Å². The number of rotatable bonds is 8. The van der Waals surface area contributed by atoms with Gasteiger partial charge < -0.3 is 4.74 Å². The van der Waals surface area contributed by atoms with Gasteiger partial charge in [0.05, 0.1) is 12.2 Å². The topological polar surface area (TPSA) is 26.3 Å². The second kappa shape index (κ2) is 9.38. The first-order chi connectivity index (χ1) is 10.9. The summed E-state index contributed by atoms with van der Waals surface area (Å²) in [7, 11) is 0. The molecule has 0 amide bonds. The van der Waals surface area contributed by atoms with E-state index in [1.165, 1.54) is 24.3 Å². The van der Waals surface area contributed by atoms with Gasteiger partial charge in [0.1, 0.15) is 0 Å². The summed E-state index contributed by atoms with van der Waals surface area (Å²) in [4.78, 5) is 11.6. The summed E-state index contributed by atoms with van der Waals surface area (Å²) in [5, 5.41) is 0. The molecule has 1 aromatic rings. The van der Waals surface area contributed by atoms with Crippen molar-refractivity contribution < 1.29 is 22.7 Å². The zero-order valence-corrected chi connectivity index (χ0v) is 13.5. The van der Waals surface area contributed by atoms with Crippen LogP contribution in [0.4, 0.5) is 13.2 Å². The Hall–Kier alpha value is -1.78. The van der Waals surface area contributed by atoms with Gasteiger partial charge in [-0.2, -0.15) is 13.2 Å². The van der Waals surface area contributed by atoms with Crippen LogP contribution in [-0.4, -0.2) is 12.6 Å². The van der Waals surface area contributed by atoms with Crippen LogP contribution in [0.1, 0.15) is 50.7 Å². The maximum absolute atomic E-state index is 12.4. The first kappa shape index (κ1) is 19.3. The number of unbranched alkanes of at least 4 members (excludes halogenated alkanes) is 1. The van der Waals surface area contributed by atoms with E-state index in [2.05, 4.69) is 13.8 Å². The van der Waals surface area contributed by atoms with E-state index in [9.17, 15) is 18.0 Å². The molecule has 1 atom stereocenters. The highest BCUT2D eigenvalue weighted by Crippen LogP contribution is 2.29. The average Bonchev–Trinajstić information content (AvgIpc) is 2.52. The summed E-state index contributed by atoms with van der Waals surface area (Å²) in [6.07, 6.45) is 2.55. The van der Waals surface area contributed by atoms with Crippen molar-refractivity contribution in [1.82, 2.24) is 0 Å². The molecule has 0 aliphatic heterocycles. The Kier molecular flexibility index (Phi) is 7.86. The highest BCUT2D eigenvalue weighted by molar-refractivity contribution is 5.87. The molecule has 1 unspecified atom stereocenters. The molecule has 0 fully saturated rings. The Labute approximate surface area is 135 Å². The Bertz CT molecular complexity index is 504. The van der Waals surface area contributed by atoms with Crippen LogP contribution in [0.5, 0.6) is 0 Å². The van der Waals surface area contributed by atoms with Crippen LogP contribution in [-0.2, 0) is 15.7 Å². The summed E-state index contributed by atoms with van der Waals surface area (Å²) in [6, 6.07) is 4.62. The van der Waals surface area contributed by atoms with Crippen molar-refractivity contribution in [3.8, 4) is 0 Å². The van der Waals surface area contributed by atoms with Crippen molar-refractivity contribution in [1.29, 1.82) is 0 Å². The summed E-state index contributed by atoms with van der Waals surface area (Å²) in [5.74, 6) is -0.113. The molecular formula is C18H23F3O2. The fourth-order valence-electron chi connectivity index (χ4n) is 2.09. The van der Waals surface area contributed by atoms with Gasteiger partial charge in [0, 0.05) is 6.08 Å². The van der Waals surface area contributed by atoms with E-state index in [4.69, 9.17) is 4.74 Å². The molecule has 23 heavy (non-hydrogen) atoms. The van der Waals surface area contributed by atoms with E-state index in [0.29, 0.717) is 18.1 Å². The van der Waals surface area contributed by atoms with Gasteiger partial charge in [-0.25, -0.2) is 4.79 Å². The average molecular weight is 328 g/mol. The van der Waals surface area contributed by atoms with E-state index in [1.807, 2.05) is 0 Å². The molecule has 0 aromatic heterocycles. The number of hydrogen-bond donors (Lipinski definition) is 0. The Morgan fingerprint density at radius 2 is 1.87 bits per heavy atom. The summed E-state index contributed by atoms with van der Waals surface area (Å²) >= 11 is 0. The Morgan fingerprint density at radius 1 is 1.22 bits per heavy atom. The van der Waals surface area contributed by atoms with Gasteiger partial charge >= 0.3 is 12.1 Å². The number of carbonyl (C=O) groups is 1. The smallest absolute Gasteiger partial charge is 0.416 e. The molecule has 1 aromatic carbocycles. The number of benzene rings is 1. The quantitative estimate of drug-likeness (QED) is 0.467. The van der Waals surface area contributed by atoms with Gasteiger partial charge in [0.15, 0.2) is 0 Å². The number of ether oxygens (including phenoxy) is 1. The fraction of sp³-hybridized carbons (Fsp3) is 0.500. The number of halogens is 3. The lowest BCUT2D eigenvalue weighted by molar-refractivity contribution is -0.139. The minimum absolute atomic E-state index is 0.360. The highest BCUT2D eigenvalue weighted by atomic mass is 19.4. The third-order valence-electron chi connectivity index (χ3n) is 3.65. The Morgan fingerprint density at radius 3 is 2.39 bits per heavy atom. The molecule has 5 heteroatoms. The van der Waals surface area contributed by atoms with E-state index >= 15 is 0 Å². The summed E-state index contributed by atoms with van der Waals surface area (Å²) in [6.45, 7) is 4.56. The maximum atomic E-state index is 12.4. The molecule has 0 N–H and O–H groups in total. The molecule has 0 heterocycles. The summed E-state index contributed by atoms with van der Waals surface area (Å²) in [5.41, 5.74) is -0.188. The predicted molar refractivity (Wildman–Crippen MR) is 84.7 cm³/mol. The van der Waals surface area contributed by atoms with Crippen LogP contribution in [0.15, 0.2) is 30.3 Å². The molecule has 0 radical (unpaired) electrons. The zero-order chi connectivity index (χ0) is 17.3. The van der Waals surface area contributed by atoms with Crippen molar-refractivity contribution in [3.63, 3.8) is 0 Å². The number of hydrogen-bond acceptors (Lipinski definition) is 2.